The SMILES string of the molecule is COCC1(C)CCN(S(=O)(=O)c2cnc(C)s2)C1. The molecule has 0 spiro atoms. The molecule has 0 radical (unpaired) electrons. The zero-order valence-electron chi connectivity index (χ0n) is 10.8. The van der Waals surface area contributed by atoms with Gasteiger partial charge in [-0.3, -0.25) is 0 Å². The summed E-state index contributed by atoms with van der Waals surface area (Å²) in [5, 5.41) is 0.771. The molecular formula is C11H18N2O3S2. The van der Waals surface area contributed by atoms with E-state index >= 15 is 0 Å². The van der Waals surface area contributed by atoms with Gasteiger partial charge in [-0.2, -0.15) is 4.31 Å². The molecular weight excluding hydrogens is 272 g/mol. The molecule has 2 rings (SSSR count). The zero-order chi connectivity index (χ0) is 13.4. The van der Waals surface area contributed by atoms with Gasteiger partial charge in [0.2, 0.25) is 0 Å². The van der Waals surface area contributed by atoms with Crippen molar-refractivity contribution in [3.63, 3.8) is 0 Å². The fourth-order valence-electron chi connectivity index (χ4n) is 2.24. The molecule has 0 N–H and O–H groups in total. The monoisotopic (exact) mass is 290 g/mol. The minimum atomic E-state index is -3.37. The van der Waals surface area contributed by atoms with Gasteiger partial charge in [0.05, 0.1) is 17.8 Å². The Balaban J connectivity index is 2.19. The zero-order valence-corrected chi connectivity index (χ0v) is 12.5. The first-order valence-electron chi connectivity index (χ1n) is 5.79. The van der Waals surface area contributed by atoms with Crippen molar-refractivity contribution in [2.75, 3.05) is 26.8 Å². The maximum Gasteiger partial charge on any atom is 0.254 e. The number of methoxy groups -OCH3 is 1. The number of hydrogen-bond donors (Lipinski definition) is 0. The quantitative estimate of drug-likeness (QED) is 0.843. The van der Waals surface area contributed by atoms with E-state index in [4.69, 9.17) is 4.74 Å². The maximum atomic E-state index is 12.4. The van der Waals surface area contributed by atoms with Crippen molar-refractivity contribution in [1.29, 1.82) is 0 Å². The second-order valence-electron chi connectivity index (χ2n) is 5.03. The summed E-state index contributed by atoms with van der Waals surface area (Å²) < 4.78 is 31.8. The Labute approximate surface area is 112 Å². The summed E-state index contributed by atoms with van der Waals surface area (Å²) in [6.07, 6.45) is 2.28. The summed E-state index contributed by atoms with van der Waals surface area (Å²) in [7, 11) is -1.73. The number of sulfonamides is 1. The standard InChI is InChI=1S/C11H18N2O3S2/c1-9-12-6-10(17-9)18(14,15)13-5-4-11(2,7-13)8-16-3/h6H,4-5,7-8H2,1-3H3. The van der Waals surface area contributed by atoms with E-state index in [0.717, 1.165) is 11.4 Å². The molecule has 2 heterocycles. The molecule has 1 aliphatic rings. The molecule has 0 amide bonds. The van der Waals surface area contributed by atoms with Crippen LogP contribution in [-0.2, 0) is 14.8 Å². The molecule has 0 saturated carbocycles. The number of aryl methyl sites for hydroxylation is 1. The molecule has 1 aromatic rings. The van der Waals surface area contributed by atoms with Crippen molar-refractivity contribution in [3.05, 3.63) is 11.2 Å². The molecule has 1 aliphatic heterocycles. The largest absolute Gasteiger partial charge is 0.384 e. The summed E-state index contributed by atoms with van der Waals surface area (Å²) in [5.74, 6) is 0. The minimum Gasteiger partial charge on any atom is -0.384 e. The van der Waals surface area contributed by atoms with E-state index in [1.165, 1.54) is 17.5 Å². The number of rotatable bonds is 4. The van der Waals surface area contributed by atoms with Gasteiger partial charge in [0.25, 0.3) is 10.0 Å². The number of aromatic nitrogens is 1. The summed E-state index contributed by atoms with van der Waals surface area (Å²) in [6, 6.07) is 0. The van der Waals surface area contributed by atoms with Crippen LogP contribution in [0.15, 0.2) is 10.4 Å². The fraction of sp³-hybridized carbons (Fsp3) is 0.727. The van der Waals surface area contributed by atoms with Crippen molar-refractivity contribution in [3.8, 4) is 0 Å². The summed E-state index contributed by atoms with van der Waals surface area (Å²) in [4.78, 5) is 4.01. The molecule has 7 heteroatoms. The van der Waals surface area contributed by atoms with Gasteiger partial charge in [-0.25, -0.2) is 13.4 Å². The molecule has 18 heavy (non-hydrogen) atoms. The van der Waals surface area contributed by atoms with Crippen molar-refractivity contribution in [1.82, 2.24) is 9.29 Å². The number of hydrogen-bond acceptors (Lipinski definition) is 5. The molecule has 0 aromatic carbocycles. The fourth-order valence-corrected chi connectivity index (χ4v) is 5.09. The third-order valence-corrected chi connectivity index (χ3v) is 6.40. The molecule has 102 valence electrons. The normalized spacial score (nSPS) is 25.7. The van der Waals surface area contributed by atoms with E-state index < -0.39 is 10.0 Å². The third kappa shape index (κ3) is 2.59. The average molecular weight is 290 g/mol. The van der Waals surface area contributed by atoms with Gasteiger partial charge in [0, 0.05) is 25.6 Å². The Hall–Kier alpha value is -0.500. The molecule has 5 nitrogen and oxygen atoms in total. The predicted octanol–water partition coefficient (Wildman–Crippen LogP) is 1.50. The smallest absolute Gasteiger partial charge is 0.254 e. The predicted molar refractivity (Wildman–Crippen MR) is 70.2 cm³/mol. The van der Waals surface area contributed by atoms with Gasteiger partial charge in [-0.05, 0) is 13.3 Å². The van der Waals surface area contributed by atoms with Crippen LogP contribution in [0.5, 0.6) is 0 Å². The first kappa shape index (κ1) is 13.9. The molecule has 1 fully saturated rings. The topological polar surface area (TPSA) is 59.5 Å². The number of ether oxygens (including phenoxy) is 1. The van der Waals surface area contributed by atoms with Gasteiger partial charge in [0.15, 0.2) is 4.21 Å². The van der Waals surface area contributed by atoms with Crippen molar-refractivity contribution < 1.29 is 13.2 Å². The van der Waals surface area contributed by atoms with E-state index in [1.54, 1.807) is 11.4 Å². The van der Waals surface area contributed by atoms with Crippen molar-refractivity contribution >= 4 is 21.4 Å². The van der Waals surface area contributed by atoms with Crippen LogP contribution in [-0.4, -0.2) is 44.5 Å². The summed E-state index contributed by atoms with van der Waals surface area (Å²) >= 11 is 1.22. The highest BCUT2D eigenvalue weighted by atomic mass is 32.2. The molecule has 0 aliphatic carbocycles. The molecule has 1 saturated heterocycles. The highest BCUT2D eigenvalue weighted by molar-refractivity contribution is 7.91. The van der Waals surface area contributed by atoms with Crippen LogP contribution in [0, 0.1) is 12.3 Å². The number of thiazole rings is 1. The Morgan fingerprint density at radius 3 is 2.89 bits per heavy atom. The van der Waals surface area contributed by atoms with Crippen LogP contribution in [0.3, 0.4) is 0 Å². The second-order valence-corrected chi connectivity index (χ2v) is 8.43. The Morgan fingerprint density at radius 2 is 2.33 bits per heavy atom. The van der Waals surface area contributed by atoms with Crippen LogP contribution in [0.1, 0.15) is 18.4 Å². The lowest BCUT2D eigenvalue weighted by Gasteiger charge is -2.23. The van der Waals surface area contributed by atoms with Gasteiger partial charge < -0.3 is 4.74 Å². The van der Waals surface area contributed by atoms with E-state index in [0.29, 0.717) is 23.9 Å². The highest BCUT2D eigenvalue weighted by Crippen LogP contribution is 2.34. The van der Waals surface area contributed by atoms with Gasteiger partial charge >= 0.3 is 0 Å². The second kappa shape index (κ2) is 4.88. The van der Waals surface area contributed by atoms with Gasteiger partial charge in [-0.15, -0.1) is 11.3 Å². The highest BCUT2D eigenvalue weighted by Gasteiger charge is 2.40. The van der Waals surface area contributed by atoms with Crippen molar-refractivity contribution in [2.24, 2.45) is 5.41 Å². The maximum absolute atomic E-state index is 12.4. The summed E-state index contributed by atoms with van der Waals surface area (Å²) in [5.41, 5.74) is -0.0818. The van der Waals surface area contributed by atoms with Gasteiger partial charge in [0.1, 0.15) is 0 Å². The lowest BCUT2D eigenvalue weighted by atomic mass is 9.91. The van der Waals surface area contributed by atoms with Crippen LogP contribution in [0.2, 0.25) is 0 Å². The molecule has 1 aromatic heterocycles. The average Bonchev–Trinajstić information content (AvgIpc) is 2.86. The van der Waals surface area contributed by atoms with E-state index in [1.807, 2.05) is 6.92 Å². The van der Waals surface area contributed by atoms with Crippen LogP contribution in [0.4, 0.5) is 0 Å². The van der Waals surface area contributed by atoms with Crippen molar-refractivity contribution in [2.45, 2.75) is 24.5 Å². The van der Waals surface area contributed by atoms with E-state index in [-0.39, 0.29) is 5.41 Å². The van der Waals surface area contributed by atoms with E-state index in [2.05, 4.69) is 11.9 Å². The number of nitrogens with zero attached hydrogens (tertiary/aromatic N) is 2. The molecule has 1 unspecified atom stereocenters. The Morgan fingerprint density at radius 1 is 1.61 bits per heavy atom. The van der Waals surface area contributed by atoms with Crippen LogP contribution >= 0.6 is 11.3 Å². The van der Waals surface area contributed by atoms with Crippen LogP contribution < -0.4 is 0 Å². The Kier molecular flexibility index (Phi) is 3.77. The molecule has 1 atom stereocenters. The summed E-state index contributed by atoms with van der Waals surface area (Å²) in [6.45, 7) is 5.52. The lowest BCUT2D eigenvalue weighted by Crippen LogP contribution is -2.32. The van der Waals surface area contributed by atoms with Gasteiger partial charge in [-0.1, -0.05) is 6.92 Å². The third-order valence-electron chi connectivity index (χ3n) is 3.21. The lowest BCUT2D eigenvalue weighted by molar-refractivity contribution is 0.102. The molecule has 0 bridgehead atoms. The van der Waals surface area contributed by atoms with E-state index in [9.17, 15) is 8.42 Å². The Bertz CT molecular complexity index is 526. The first-order chi connectivity index (χ1) is 8.37. The van der Waals surface area contributed by atoms with Crippen LogP contribution in [0.25, 0.3) is 0 Å². The first-order valence-corrected chi connectivity index (χ1v) is 8.05. The minimum absolute atomic E-state index is 0.0818.